The number of likely N-dealkylation sites (N-methyl/N-ethyl adjacent to an activating group) is 1. The van der Waals surface area contributed by atoms with Crippen LogP contribution in [0.15, 0.2) is 16.5 Å². The zero-order chi connectivity index (χ0) is 14.4. The van der Waals surface area contributed by atoms with E-state index in [4.69, 9.17) is 10.2 Å². The van der Waals surface area contributed by atoms with E-state index < -0.39 is 0 Å². The molecule has 3 heteroatoms. The normalized spacial score (nSPS) is 16.6. The van der Waals surface area contributed by atoms with E-state index in [-0.39, 0.29) is 12.1 Å². The molecule has 3 nitrogen and oxygen atoms in total. The van der Waals surface area contributed by atoms with Crippen LogP contribution in [0.3, 0.4) is 0 Å². The largest absolute Gasteiger partial charge is 0.465 e. The highest BCUT2D eigenvalue weighted by atomic mass is 16.3. The lowest BCUT2D eigenvalue weighted by atomic mass is 9.99. The van der Waals surface area contributed by atoms with Crippen molar-refractivity contribution in [3.63, 3.8) is 0 Å². The van der Waals surface area contributed by atoms with Gasteiger partial charge in [0.05, 0.1) is 6.04 Å². The summed E-state index contributed by atoms with van der Waals surface area (Å²) in [5.41, 5.74) is 6.35. The first kappa shape index (κ1) is 16.3. The lowest BCUT2D eigenvalue weighted by Gasteiger charge is -2.34. The third kappa shape index (κ3) is 4.36. The Hall–Kier alpha value is -0.800. The standard InChI is InChI=1S/C16H30N2O/c1-6-12(4)11-18(8-3)16(14(17)7-2)15-10-9-13(5)19-15/h9-10,12,14,16H,6-8,11,17H2,1-5H3. The van der Waals surface area contributed by atoms with E-state index in [0.717, 1.165) is 31.0 Å². The molecule has 0 saturated carbocycles. The van der Waals surface area contributed by atoms with Crippen molar-refractivity contribution >= 4 is 0 Å². The average Bonchev–Trinajstić information content (AvgIpc) is 2.83. The molecule has 3 unspecified atom stereocenters. The van der Waals surface area contributed by atoms with Crippen LogP contribution >= 0.6 is 0 Å². The maximum Gasteiger partial charge on any atom is 0.122 e. The maximum atomic E-state index is 6.35. The summed E-state index contributed by atoms with van der Waals surface area (Å²) in [5.74, 6) is 2.66. The van der Waals surface area contributed by atoms with Crippen LogP contribution in [0.1, 0.15) is 58.1 Å². The highest BCUT2D eigenvalue weighted by Crippen LogP contribution is 2.27. The Morgan fingerprint density at radius 1 is 1.21 bits per heavy atom. The van der Waals surface area contributed by atoms with E-state index in [1.165, 1.54) is 6.42 Å². The van der Waals surface area contributed by atoms with Gasteiger partial charge < -0.3 is 10.2 Å². The molecule has 0 fully saturated rings. The molecule has 0 saturated heterocycles. The molecule has 3 atom stereocenters. The van der Waals surface area contributed by atoms with Gasteiger partial charge in [-0.2, -0.15) is 0 Å². The SMILES string of the molecule is CCC(C)CN(CC)C(c1ccc(C)o1)C(N)CC. The topological polar surface area (TPSA) is 42.4 Å². The summed E-state index contributed by atoms with van der Waals surface area (Å²) in [7, 11) is 0. The maximum absolute atomic E-state index is 6.35. The predicted molar refractivity (Wildman–Crippen MR) is 81.2 cm³/mol. The smallest absolute Gasteiger partial charge is 0.122 e. The minimum absolute atomic E-state index is 0.120. The van der Waals surface area contributed by atoms with Crippen LogP contribution in [0.4, 0.5) is 0 Å². The number of hydrogen-bond acceptors (Lipinski definition) is 3. The van der Waals surface area contributed by atoms with Gasteiger partial charge in [-0.25, -0.2) is 0 Å². The summed E-state index contributed by atoms with van der Waals surface area (Å²) in [5, 5.41) is 0. The zero-order valence-electron chi connectivity index (χ0n) is 13.1. The monoisotopic (exact) mass is 266 g/mol. The number of aryl methyl sites for hydroxylation is 1. The van der Waals surface area contributed by atoms with Crippen LogP contribution in [0.5, 0.6) is 0 Å². The highest BCUT2D eigenvalue weighted by Gasteiger charge is 2.28. The number of rotatable bonds is 8. The van der Waals surface area contributed by atoms with Crippen molar-refractivity contribution in [1.82, 2.24) is 4.90 Å². The van der Waals surface area contributed by atoms with Gasteiger partial charge in [0, 0.05) is 12.6 Å². The van der Waals surface area contributed by atoms with Gasteiger partial charge in [-0.1, -0.05) is 34.1 Å². The molecule has 1 aromatic rings. The molecule has 19 heavy (non-hydrogen) atoms. The average molecular weight is 266 g/mol. The Kier molecular flexibility index (Phi) is 6.59. The zero-order valence-corrected chi connectivity index (χ0v) is 13.1. The predicted octanol–water partition coefficient (Wildman–Crippen LogP) is 3.73. The van der Waals surface area contributed by atoms with Crippen molar-refractivity contribution in [3.05, 3.63) is 23.7 Å². The first-order valence-corrected chi connectivity index (χ1v) is 7.59. The van der Waals surface area contributed by atoms with Gasteiger partial charge in [-0.05, 0) is 37.9 Å². The molecule has 2 N–H and O–H groups in total. The molecule has 1 heterocycles. The Labute approximate surface area is 118 Å². The van der Waals surface area contributed by atoms with Crippen molar-refractivity contribution in [2.24, 2.45) is 11.7 Å². The van der Waals surface area contributed by atoms with Gasteiger partial charge in [0.2, 0.25) is 0 Å². The molecular formula is C16H30N2O. The molecule has 0 aliphatic heterocycles. The molecule has 0 amide bonds. The Balaban J connectivity index is 2.94. The van der Waals surface area contributed by atoms with Gasteiger partial charge in [0.15, 0.2) is 0 Å². The van der Waals surface area contributed by atoms with Crippen LogP contribution in [-0.2, 0) is 0 Å². The molecule has 1 aromatic heterocycles. The van der Waals surface area contributed by atoms with E-state index in [1.807, 2.05) is 13.0 Å². The van der Waals surface area contributed by atoms with E-state index in [2.05, 4.69) is 38.7 Å². The summed E-state index contributed by atoms with van der Waals surface area (Å²) in [6.07, 6.45) is 2.16. The molecule has 110 valence electrons. The van der Waals surface area contributed by atoms with E-state index in [0.29, 0.717) is 5.92 Å². The fourth-order valence-electron chi connectivity index (χ4n) is 2.47. The molecule has 0 radical (unpaired) electrons. The Morgan fingerprint density at radius 2 is 1.89 bits per heavy atom. The summed E-state index contributed by atoms with van der Waals surface area (Å²) < 4.78 is 5.84. The molecule has 0 aliphatic carbocycles. The van der Waals surface area contributed by atoms with Gasteiger partial charge in [0.1, 0.15) is 11.5 Å². The van der Waals surface area contributed by atoms with Crippen molar-refractivity contribution < 1.29 is 4.42 Å². The molecule has 0 aliphatic rings. The summed E-state index contributed by atoms with van der Waals surface area (Å²) in [6, 6.07) is 4.42. The van der Waals surface area contributed by atoms with Crippen molar-refractivity contribution in [3.8, 4) is 0 Å². The minimum Gasteiger partial charge on any atom is -0.465 e. The quantitative estimate of drug-likeness (QED) is 0.779. The fourth-order valence-corrected chi connectivity index (χ4v) is 2.47. The van der Waals surface area contributed by atoms with E-state index in [1.54, 1.807) is 0 Å². The Bertz CT molecular complexity index is 361. The summed E-state index contributed by atoms with van der Waals surface area (Å²) in [4.78, 5) is 2.46. The van der Waals surface area contributed by atoms with Crippen molar-refractivity contribution in [1.29, 1.82) is 0 Å². The summed E-state index contributed by atoms with van der Waals surface area (Å²) >= 11 is 0. The molecule has 0 aromatic carbocycles. The molecular weight excluding hydrogens is 236 g/mol. The number of furan rings is 1. The first-order chi connectivity index (χ1) is 9.03. The van der Waals surface area contributed by atoms with Gasteiger partial charge in [-0.3, -0.25) is 4.90 Å². The number of nitrogens with two attached hydrogens (primary N) is 1. The molecule has 0 spiro atoms. The van der Waals surface area contributed by atoms with Crippen LogP contribution in [0.2, 0.25) is 0 Å². The summed E-state index contributed by atoms with van der Waals surface area (Å²) in [6.45, 7) is 12.9. The second-order valence-corrected chi connectivity index (χ2v) is 5.57. The molecule has 1 rings (SSSR count). The van der Waals surface area contributed by atoms with Crippen LogP contribution in [0.25, 0.3) is 0 Å². The van der Waals surface area contributed by atoms with Crippen molar-refractivity contribution in [2.45, 2.75) is 59.5 Å². The van der Waals surface area contributed by atoms with Crippen LogP contribution < -0.4 is 5.73 Å². The van der Waals surface area contributed by atoms with Crippen LogP contribution in [-0.4, -0.2) is 24.0 Å². The minimum atomic E-state index is 0.120. The Morgan fingerprint density at radius 3 is 2.32 bits per heavy atom. The lowest BCUT2D eigenvalue weighted by molar-refractivity contribution is 0.134. The lowest BCUT2D eigenvalue weighted by Crippen LogP contribution is -2.42. The second kappa shape index (κ2) is 7.71. The number of nitrogens with zero attached hydrogens (tertiary/aromatic N) is 1. The highest BCUT2D eigenvalue weighted by molar-refractivity contribution is 5.12. The van der Waals surface area contributed by atoms with Gasteiger partial charge >= 0.3 is 0 Å². The number of hydrogen-bond donors (Lipinski definition) is 1. The third-order valence-corrected chi connectivity index (χ3v) is 3.97. The van der Waals surface area contributed by atoms with E-state index >= 15 is 0 Å². The molecule has 0 bridgehead atoms. The van der Waals surface area contributed by atoms with Crippen LogP contribution in [0, 0.1) is 12.8 Å². The van der Waals surface area contributed by atoms with Crippen molar-refractivity contribution in [2.75, 3.05) is 13.1 Å². The van der Waals surface area contributed by atoms with Gasteiger partial charge in [-0.15, -0.1) is 0 Å². The third-order valence-electron chi connectivity index (χ3n) is 3.97. The second-order valence-electron chi connectivity index (χ2n) is 5.57. The van der Waals surface area contributed by atoms with E-state index in [9.17, 15) is 0 Å². The fraction of sp³-hybridized carbons (Fsp3) is 0.750. The first-order valence-electron chi connectivity index (χ1n) is 7.59. The van der Waals surface area contributed by atoms with Gasteiger partial charge in [0.25, 0.3) is 0 Å².